The normalized spacial score (nSPS) is 21.3. The zero-order valence-corrected chi connectivity index (χ0v) is 15.0. The van der Waals surface area contributed by atoms with Crippen LogP contribution in [0.3, 0.4) is 0 Å². The third-order valence-electron chi connectivity index (χ3n) is 4.75. The molecule has 4 heterocycles. The average molecular weight is 355 g/mol. The van der Waals surface area contributed by atoms with E-state index in [9.17, 15) is 4.79 Å². The first kappa shape index (κ1) is 16.5. The summed E-state index contributed by atoms with van der Waals surface area (Å²) in [6.45, 7) is 4.17. The first-order valence-corrected chi connectivity index (χ1v) is 9.48. The van der Waals surface area contributed by atoms with Gasteiger partial charge in [-0.3, -0.25) is 14.8 Å². The van der Waals surface area contributed by atoms with Crippen LogP contribution in [0.1, 0.15) is 27.9 Å². The zero-order valence-electron chi connectivity index (χ0n) is 14.2. The Morgan fingerprint density at radius 3 is 3.00 bits per heavy atom. The van der Waals surface area contributed by atoms with Gasteiger partial charge in [-0.25, -0.2) is 0 Å². The standard InChI is InChI=1S/C19H21N3O2S/c1-14-5-16(9-21-7-14)18(23)22-12-19(13-22)6-17(11-25-19)24-10-15-3-2-4-20-8-15/h2-5,7-9,17H,6,10-13H2,1H3. The highest BCUT2D eigenvalue weighted by Gasteiger charge is 2.51. The second kappa shape index (κ2) is 6.77. The fraction of sp³-hybridized carbons (Fsp3) is 0.421. The van der Waals surface area contributed by atoms with Crippen molar-refractivity contribution in [3.63, 3.8) is 0 Å². The summed E-state index contributed by atoms with van der Waals surface area (Å²) in [5, 5.41) is 0. The Hall–Kier alpha value is -1.92. The van der Waals surface area contributed by atoms with Gasteiger partial charge in [0.05, 0.1) is 23.0 Å². The maximum atomic E-state index is 12.5. The van der Waals surface area contributed by atoms with Crippen molar-refractivity contribution < 1.29 is 9.53 Å². The number of rotatable bonds is 4. The van der Waals surface area contributed by atoms with Crippen LogP contribution in [-0.4, -0.2) is 50.5 Å². The van der Waals surface area contributed by atoms with E-state index in [1.54, 1.807) is 18.6 Å². The molecule has 1 unspecified atom stereocenters. The van der Waals surface area contributed by atoms with Gasteiger partial charge in [0.15, 0.2) is 0 Å². The summed E-state index contributed by atoms with van der Waals surface area (Å²) in [6.07, 6.45) is 8.30. The average Bonchev–Trinajstić information content (AvgIpc) is 3.04. The van der Waals surface area contributed by atoms with Gasteiger partial charge in [-0.1, -0.05) is 6.07 Å². The van der Waals surface area contributed by atoms with E-state index in [0.29, 0.717) is 12.2 Å². The van der Waals surface area contributed by atoms with Crippen molar-refractivity contribution in [2.24, 2.45) is 0 Å². The monoisotopic (exact) mass is 355 g/mol. The maximum Gasteiger partial charge on any atom is 0.255 e. The third kappa shape index (κ3) is 3.55. The first-order chi connectivity index (χ1) is 12.1. The van der Waals surface area contributed by atoms with E-state index in [0.717, 1.165) is 36.4 Å². The Kier molecular flexibility index (Phi) is 4.48. The third-order valence-corrected chi connectivity index (χ3v) is 6.33. The summed E-state index contributed by atoms with van der Waals surface area (Å²) in [5.41, 5.74) is 2.80. The summed E-state index contributed by atoms with van der Waals surface area (Å²) < 4.78 is 6.22. The van der Waals surface area contributed by atoms with Crippen LogP contribution < -0.4 is 0 Å². The molecule has 2 saturated heterocycles. The van der Waals surface area contributed by atoms with E-state index in [-0.39, 0.29) is 16.8 Å². The number of nitrogens with zero attached hydrogens (tertiary/aromatic N) is 3. The number of pyridine rings is 2. The van der Waals surface area contributed by atoms with E-state index in [4.69, 9.17) is 4.74 Å². The van der Waals surface area contributed by atoms with Crippen molar-refractivity contribution in [1.82, 2.24) is 14.9 Å². The second-order valence-corrected chi connectivity index (χ2v) is 8.39. The van der Waals surface area contributed by atoms with Gasteiger partial charge < -0.3 is 9.64 Å². The molecule has 0 aromatic carbocycles. The minimum atomic E-state index is 0.0853. The Labute approximate surface area is 151 Å². The van der Waals surface area contributed by atoms with Gasteiger partial charge in [-0.15, -0.1) is 11.8 Å². The zero-order chi connectivity index (χ0) is 17.3. The molecule has 1 spiro atoms. The van der Waals surface area contributed by atoms with Crippen LogP contribution in [0.2, 0.25) is 0 Å². The van der Waals surface area contributed by atoms with Crippen molar-refractivity contribution in [2.45, 2.75) is 30.8 Å². The lowest BCUT2D eigenvalue weighted by Crippen LogP contribution is -2.60. The molecule has 0 aliphatic carbocycles. The van der Waals surface area contributed by atoms with Crippen LogP contribution in [0.25, 0.3) is 0 Å². The quantitative estimate of drug-likeness (QED) is 0.844. The number of hydrogen-bond donors (Lipinski definition) is 0. The number of carbonyl (C=O) groups is 1. The predicted molar refractivity (Wildman–Crippen MR) is 97.5 cm³/mol. The molecule has 2 aromatic rings. The molecule has 5 nitrogen and oxygen atoms in total. The first-order valence-electron chi connectivity index (χ1n) is 8.49. The lowest BCUT2D eigenvalue weighted by molar-refractivity contribution is 0.0254. The minimum absolute atomic E-state index is 0.0853. The summed E-state index contributed by atoms with van der Waals surface area (Å²) >= 11 is 1.94. The Balaban J connectivity index is 1.29. The van der Waals surface area contributed by atoms with Gasteiger partial charge in [0, 0.05) is 43.6 Å². The molecule has 0 bridgehead atoms. The molecule has 130 valence electrons. The van der Waals surface area contributed by atoms with Crippen molar-refractivity contribution in [3.05, 3.63) is 59.7 Å². The van der Waals surface area contributed by atoms with Crippen LogP contribution in [0.15, 0.2) is 43.0 Å². The van der Waals surface area contributed by atoms with Crippen molar-refractivity contribution >= 4 is 17.7 Å². The molecular weight excluding hydrogens is 334 g/mol. The van der Waals surface area contributed by atoms with E-state index in [1.165, 1.54) is 0 Å². The fourth-order valence-corrected chi connectivity index (χ4v) is 5.03. The number of amides is 1. The van der Waals surface area contributed by atoms with E-state index >= 15 is 0 Å². The molecule has 2 aliphatic rings. The largest absolute Gasteiger partial charge is 0.373 e. The molecule has 25 heavy (non-hydrogen) atoms. The molecule has 0 saturated carbocycles. The summed E-state index contributed by atoms with van der Waals surface area (Å²) in [5.74, 6) is 1.08. The number of likely N-dealkylation sites (tertiary alicyclic amines) is 1. The fourth-order valence-electron chi connectivity index (χ4n) is 3.47. The minimum Gasteiger partial charge on any atom is -0.373 e. The Morgan fingerprint density at radius 2 is 2.24 bits per heavy atom. The molecule has 2 fully saturated rings. The Bertz CT molecular complexity index is 762. The van der Waals surface area contributed by atoms with Crippen molar-refractivity contribution in [1.29, 1.82) is 0 Å². The molecule has 0 N–H and O–H groups in total. The van der Waals surface area contributed by atoms with Crippen molar-refractivity contribution in [2.75, 3.05) is 18.8 Å². The van der Waals surface area contributed by atoms with Gasteiger partial charge in [-0.2, -0.15) is 0 Å². The van der Waals surface area contributed by atoms with Gasteiger partial charge in [0.25, 0.3) is 5.91 Å². The summed E-state index contributed by atoms with van der Waals surface area (Å²) in [7, 11) is 0. The highest BCUT2D eigenvalue weighted by atomic mass is 32.2. The maximum absolute atomic E-state index is 12.5. The molecule has 1 amide bonds. The molecule has 4 rings (SSSR count). The summed E-state index contributed by atoms with van der Waals surface area (Å²) in [6, 6.07) is 5.87. The molecular formula is C19H21N3O2S. The molecule has 0 radical (unpaired) electrons. The molecule has 6 heteroatoms. The van der Waals surface area contributed by atoms with Crippen molar-refractivity contribution in [3.8, 4) is 0 Å². The van der Waals surface area contributed by atoms with Gasteiger partial charge in [0.1, 0.15) is 0 Å². The number of hydrogen-bond acceptors (Lipinski definition) is 5. The van der Waals surface area contributed by atoms with E-state index < -0.39 is 0 Å². The predicted octanol–water partition coefficient (Wildman–Crippen LogP) is 2.70. The van der Waals surface area contributed by atoms with Gasteiger partial charge in [0.2, 0.25) is 0 Å². The summed E-state index contributed by atoms with van der Waals surface area (Å²) in [4.78, 5) is 22.7. The van der Waals surface area contributed by atoms with Crippen LogP contribution in [0, 0.1) is 6.92 Å². The number of aromatic nitrogens is 2. The van der Waals surface area contributed by atoms with Gasteiger partial charge in [-0.05, 0) is 36.6 Å². The van der Waals surface area contributed by atoms with Crippen LogP contribution in [-0.2, 0) is 11.3 Å². The highest BCUT2D eigenvalue weighted by molar-refractivity contribution is 8.01. The van der Waals surface area contributed by atoms with Crippen LogP contribution in [0.4, 0.5) is 0 Å². The lowest BCUT2D eigenvalue weighted by atomic mass is 9.92. The smallest absolute Gasteiger partial charge is 0.255 e. The number of aryl methyl sites for hydroxylation is 1. The number of thioether (sulfide) groups is 1. The molecule has 1 atom stereocenters. The highest BCUT2D eigenvalue weighted by Crippen LogP contribution is 2.46. The number of carbonyl (C=O) groups excluding carboxylic acids is 1. The Morgan fingerprint density at radius 1 is 1.36 bits per heavy atom. The van der Waals surface area contributed by atoms with E-state index in [1.807, 2.05) is 48.0 Å². The molecule has 2 aliphatic heterocycles. The second-order valence-electron chi connectivity index (χ2n) is 6.90. The van der Waals surface area contributed by atoms with Crippen LogP contribution in [0.5, 0.6) is 0 Å². The molecule has 2 aromatic heterocycles. The number of ether oxygens (including phenoxy) is 1. The topological polar surface area (TPSA) is 55.3 Å². The SMILES string of the molecule is Cc1cncc(C(=O)N2CC3(CC(OCc4cccnc4)CS3)C2)c1. The lowest BCUT2D eigenvalue weighted by Gasteiger charge is -2.47. The van der Waals surface area contributed by atoms with E-state index in [2.05, 4.69) is 9.97 Å². The van der Waals surface area contributed by atoms with Crippen LogP contribution >= 0.6 is 11.8 Å². The van der Waals surface area contributed by atoms with Gasteiger partial charge >= 0.3 is 0 Å².